The first-order valence-electron chi connectivity index (χ1n) is 7.51. The van der Waals surface area contributed by atoms with Gasteiger partial charge < -0.3 is 10.1 Å². The lowest BCUT2D eigenvalue weighted by molar-refractivity contribution is -0.140. The summed E-state index contributed by atoms with van der Waals surface area (Å²) in [7, 11) is 1.35. The maximum absolute atomic E-state index is 14.3. The van der Waals surface area contributed by atoms with Gasteiger partial charge in [0.2, 0.25) is 0 Å². The fraction of sp³-hybridized carbons (Fsp3) is 0.222. The highest BCUT2D eigenvalue weighted by Crippen LogP contribution is 2.28. The van der Waals surface area contributed by atoms with Crippen molar-refractivity contribution in [3.8, 4) is 0 Å². The number of ether oxygens (including phenoxy) is 1. The summed E-state index contributed by atoms with van der Waals surface area (Å²) in [5, 5.41) is 3.81. The van der Waals surface area contributed by atoms with Gasteiger partial charge in [0.15, 0.2) is 0 Å². The molecule has 0 bridgehead atoms. The lowest BCUT2D eigenvalue weighted by Gasteiger charge is -2.16. The molecule has 6 heteroatoms. The van der Waals surface area contributed by atoms with E-state index < -0.39 is 0 Å². The van der Waals surface area contributed by atoms with E-state index in [1.165, 1.54) is 13.2 Å². The van der Waals surface area contributed by atoms with Crippen molar-refractivity contribution in [1.82, 2.24) is 0 Å². The van der Waals surface area contributed by atoms with Crippen LogP contribution in [0.1, 0.15) is 17.5 Å². The number of rotatable bonds is 3. The number of carbonyl (C=O) groups excluding carboxylic acids is 1. The lowest BCUT2D eigenvalue weighted by Crippen LogP contribution is -2.26. The molecule has 0 saturated carbocycles. The fourth-order valence-corrected chi connectivity index (χ4v) is 2.85. The van der Waals surface area contributed by atoms with E-state index in [9.17, 15) is 9.18 Å². The third-order valence-corrected chi connectivity index (χ3v) is 4.07. The van der Waals surface area contributed by atoms with E-state index in [0.29, 0.717) is 28.4 Å². The van der Waals surface area contributed by atoms with Gasteiger partial charge in [-0.3, -0.25) is 9.79 Å². The number of anilines is 1. The number of aliphatic imine (C=N–C) groups is 1. The minimum atomic E-state index is -0.353. The first kappa shape index (κ1) is 16.5. The number of nitrogens with zero attached hydrogens (tertiary/aromatic N) is 1. The molecule has 1 heterocycles. The van der Waals surface area contributed by atoms with Crippen molar-refractivity contribution in [3.63, 3.8) is 0 Å². The molecular weight excluding hydrogens is 331 g/mol. The summed E-state index contributed by atoms with van der Waals surface area (Å²) in [6.07, 6.45) is 0.173. The van der Waals surface area contributed by atoms with Crippen LogP contribution in [0.3, 0.4) is 0 Å². The quantitative estimate of drug-likeness (QED) is 0.863. The predicted octanol–water partition coefficient (Wildman–Crippen LogP) is 3.67. The molecule has 0 aliphatic carbocycles. The molecule has 24 heavy (non-hydrogen) atoms. The number of halogens is 2. The molecule has 1 atom stereocenters. The lowest BCUT2D eigenvalue weighted by atomic mass is 10.00. The van der Waals surface area contributed by atoms with Crippen LogP contribution in [0.2, 0.25) is 5.02 Å². The third kappa shape index (κ3) is 3.41. The Hall–Kier alpha value is -2.40. The van der Waals surface area contributed by atoms with Crippen LogP contribution in [-0.2, 0) is 9.53 Å². The maximum Gasteiger partial charge on any atom is 0.307 e. The van der Waals surface area contributed by atoms with Gasteiger partial charge in [0.25, 0.3) is 0 Å². The van der Waals surface area contributed by atoms with E-state index in [1.807, 2.05) is 6.07 Å². The summed E-state index contributed by atoms with van der Waals surface area (Å²) < 4.78 is 19.0. The van der Waals surface area contributed by atoms with E-state index in [1.54, 1.807) is 30.3 Å². The average Bonchev–Trinajstić information content (AvgIpc) is 2.74. The van der Waals surface area contributed by atoms with Crippen molar-refractivity contribution >= 4 is 29.0 Å². The van der Waals surface area contributed by atoms with Crippen LogP contribution in [0.25, 0.3) is 0 Å². The molecule has 1 aliphatic rings. The minimum absolute atomic E-state index is 0.173. The Morgan fingerprint density at radius 2 is 2.12 bits per heavy atom. The summed E-state index contributed by atoms with van der Waals surface area (Å²) in [6, 6.07) is 11.5. The summed E-state index contributed by atoms with van der Waals surface area (Å²) in [6.45, 7) is 0.324. The Kier molecular flexibility index (Phi) is 4.81. The van der Waals surface area contributed by atoms with Crippen molar-refractivity contribution in [2.75, 3.05) is 19.0 Å². The molecule has 0 spiro atoms. The monoisotopic (exact) mass is 346 g/mol. The largest absolute Gasteiger partial charge is 0.469 e. The zero-order chi connectivity index (χ0) is 17.1. The van der Waals surface area contributed by atoms with E-state index in [0.717, 1.165) is 5.69 Å². The summed E-state index contributed by atoms with van der Waals surface area (Å²) in [5.74, 6) is -0.679. The average molecular weight is 347 g/mol. The summed E-state index contributed by atoms with van der Waals surface area (Å²) >= 11 is 6.12. The van der Waals surface area contributed by atoms with Gasteiger partial charge in [-0.25, -0.2) is 4.39 Å². The Labute approximate surface area is 144 Å². The number of benzene rings is 2. The van der Waals surface area contributed by atoms with Crippen molar-refractivity contribution in [2.24, 2.45) is 4.99 Å². The van der Waals surface area contributed by atoms with E-state index in [2.05, 4.69) is 10.3 Å². The number of benzodiazepines with no additional fused rings is 1. The van der Waals surface area contributed by atoms with Gasteiger partial charge in [-0.2, -0.15) is 0 Å². The van der Waals surface area contributed by atoms with Crippen LogP contribution in [-0.4, -0.2) is 31.4 Å². The predicted molar refractivity (Wildman–Crippen MR) is 92.4 cm³/mol. The molecule has 0 aromatic heterocycles. The minimum Gasteiger partial charge on any atom is -0.469 e. The van der Waals surface area contributed by atoms with Crippen molar-refractivity contribution in [1.29, 1.82) is 0 Å². The number of hydrogen-bond acceptors (Lipinski definition) is 4. The first-order valence-corrected chi connectivity index (χ1v) is 7.89. The number of esters is 1. The van der Waals surface area contributed by atoms with Gasteiger partial charge >= 0.3 is 5.97 Å². The topological polar surface area (TPSA) is 50.7 Å². The Bertz CT molecular complexity index is 807. The van der Waals surface area contributed by atoms with Crippen LogP contribution in [0, 0.1) is 5.82 Å². The van der Waals surface area contributed by atoms with Gasteiger partial charge in [0, 0.05) is 21.8 Å². The highest BCUT2D eigenvalue weighted by Gasteiger charge is 2.23. The highest BCUT2D eigenvalue weighted by atomic mass is 35.5. The molecule has 1 unspecified atom stereocenters. The molecule has 1 aliphatic heterocycles. The van der Waals surface area contributed by atoms with E-state index in [-0.39, 0.29) is 24.2 Å². The molecule has 3 rings (SSSR count). The Morgan fingerprint density at radius 1 is 1.33 bits per heavy atom. The standard InChI is InChI=1S/C18H16ClFN2O2/c1-24-17(23)9-12-10-21-18(13-4-2-3-5-15(13)20)14-8-11(19)6-7-16(14)22-12/h2-8,12,22H,9-10H2,1H3. The molecular formula is C18H16ClFN2O2. The van der Waals surface area contributed by atoms with Crippen molar-refractivity contribution in [3.05, 3.63) is 64.4 Å². The molecule has 0 fully saturated rings. The van der Waals surface area contributed by atoms with Crippen LogP contribution >= 0.6 is 11.6 Å². The molecule has 2 aromatic rings. The van der Waals surface area contributed by atoms with Gasteiger partial charge in [-0.05, 0) is 30.3 Å². The van der Waals surface area contributed by atoms with Crippen molar-refractivity contribution < 1.29 is 13.9 Å². The second kappa shape index (κ2) is 7.01. The van der Waals surface area contributed by atoms with Crippen molar-refractivity contribution in [2.45, 2.75) is 12.5 Å². The molecule has 124 valence electrons. The second-order valence-electron chi connectivity index (χ2n) is 5.48. The van der Waals surface area contributed by atoms with Gasteiger partial charge in [0.1, 0.15) is 5.82 Å². The molecule has 0 saturated heterocycles. The number of methoxy groups -OCH3 is 1. The van der Waals surface area contributed by atoms with E-state index in [4.69, 9.17) is 16.3 Å². The highest BCUT2D eigenvalue weighted by molar-refractivity contribution is 6.31. The molecule has 2 aromatic carbocycles. The van der Waals surface area contributed by atoms with Crippen LogP contribution in [0.15, 0.2) is 47.5 Å². The van der Waals surface area contributed by atoms with Crippen LogP contribution < -0.4 is 5.32 Å². The maximum atomic E-state index is 14.3. The zero-order valence-corrected chi connectivity index (χ0v) is 13.8. The molecule has 0 radical (unpaired) electrons. The fourth-order valence-electron chi connectivity index (χ4n) is 2.67. The summed E-state index contributed by atoms with van der Waals surface area (Å²) in [4.78, 5) is 16.1. The molecule has 0 amide bonds. The summed E-state index contributed by atoms with van der Waals surface area (Å²) in [5.41, 5.74) is 2.39. The third-order valence-electron chi connectivity index (χ3n) is 3.84. The van der Waals surface area contributed by atoms with Gasteiger partial charge in [0.05, 0.1) is 31.8 Å². The van der Waals surface area contributed by atoms with Crippen LogP contribution in [0.5, 0.6) is 0 Å². The number of nitrogens with one attached hydrogen (secondary N) is 1. The molecule has 1 N–H and O–H groups in total. The SMILES string of the molecule is COC(=O)CC1CN=C(c2ccccc2F)c2cc(Cl)ccc2N1. The zero-order valence-electron chi connectivity index (χ0n) is 13.1. The smallest absolute Gasteiger partial charge is 0.307 e. The number of hydrogen-bond donors (Lipinski definition) is 1. The van der Waals surface area contributed by atoms with Gasteiger partial charge in [-0.1, -0.05) is 23.7 Å². The van der Waals surface area contributed by atoms with Gasteiger partial charge in [-0.15, -0.1) is 0 Å². The Morgan fingerprint density at radius 3 is 2.88 bits per heavy atom. The number of carbonyl (C=O) groups is 1. The van der Waals surface area contributed by atoms with Crippen LogP contribution in [0.4, 0.5) is 10.1 Å². The second-order valence-corrected chi connectivity index (χ2v) is 5.92. The Balaban J connectivity index is 2.06. The first-order chi connectivity index (χ1) is 11.6. The molecule has 4 nitrogen and oxygen atoms in total. The number of fused-ring (bicyclic) bond motifs is 1. The normalized spacial score (nSPS) is 16.5. The van der Waals surface area contributed by atoms with E-state index >= 15 is 0 Å².